The predicted molar refractivity (Wildman–Crippen MR) is 88.8 cm³/mol. The van der Waals surface area contributed by atoms with E-state index in [9.17, 15) is 9.59 Å². The molecule has 0 saturated carbocycles. The van der Waals surface area contributed by atoms with Gasteiger partial charge in [-0.1, -0.05) is 0 Å². The number of hydrogen-bond acceptors (Lipinski definition) is 5. The maximum absolute atomic E-state index is 12.7. The third-order valence-corrected chi connectivity index (χ3v) is 6.39. The van der Waals surface area contributed by atoms with Crippen LogP contribution in [0.4, 0.5) is 0 Å². The third-order valence-electron chi connectivity index (χ3n) is 3.01. The zero-order valence-electron chi connectivity index (χ0n) is 12.0. The average Bonchev–Trinajstić information content (AvgIpc) is 2.70. The van der Waals surface area contributed by atoms with Gasteiger partial charge in [-0.2, -0.15) is 0 Å². The first-order valence-electron chi connectivity index (χ1n) is 6.56. The van der Waals surface area contributed by atoms with E-state index in [1.54, 1.807) is 4.90 Å². The maximum atomic E-state index is 12.7. The van der Waals surface area contributed by atoms with Crippen molar-refractivity contribution in [2.45, 2.75) is 26.1 Å². The van der Waals surface area contributed by atoms with Crippen molar-refractivity contribution in [1.29, 1.82) is 0 Å². The zero-order valence-corrected chi connectivity index (χ0v) is 16.0. The fraction of sp³-hybridized carbons (Fsp3) is 0.538. The summed E-state index contributed by atoms with van der Waals surface area (Å²) in [5.41, 5.74) is 0. The topological polar surface area (TPSA) is 76.1 Å². The van der Waals surface area contributed by atoms with Gasteiger partial charge in [-0.25, -0.2) is 4.79 Å². The van der Waals surface area contributed by atoms with Crippen LogP contribution in [0.2, 0.25) is 0 Å². The molecule has 6 nitrogen and oxygen atoms in total. The minimum atomic E-state index is -1.10. The van der Waals surface area contributed by atoms with Crippen LogP contribution >= 0.6 is 43.2 Å². The lowest BCUT2D eigenvalue weighted by Gasteiger charge is -2.35. The molecular formula is C13H15Br2NO5S. The highest BCUT2D eigenvalue weighted by molar-refractivity contribution is 9.13. The number of nitrogens with zero attached hydrogens (tertiary/aromatic N) is 1. The van der Waals surface area contributed by atoms with Crippen molar-refractivity contribution in [2.75, 3.05) is 19.7 Å². The normalized spacial score (nSPS) is 21.7. The third kappa shape index (κ3) is 4.01. The molecule has 1 saturated heterocycles. The molecule has 22 heavy (non-hydrogen) atoms. The first-order valence-corrected chi connectivity index (χ1v) is 8.97. The van der Waals surface area contributed by atoms with Crippen molar-refractivity contribution >= 4 is 55.1 Å². The van der Waals surface area contributed by atoms with E-state index in [4.69, 9.17) is 14.6 Å². The molecule has 0 spiro atoms. The molecule has 0 aromatic carbocycles. The Labute approximate surface area is 148 Å². The van der Waals surface area contributed by atoms with Gasteiger partial charge >= 0.3 is 5.97 Å². The van der Waals surface area contributed by atoms with Gasteiger partial charge in [-0.3, -0.25) is 4.79 Å². The second kappa shape index (κ2) is 7.29. The van der Waals surface area contributed by atoms with Gasteiger partial charge < -0.3 is 19.5 Å². The van der Waals surface area contributed by atoms with Gasteiger partial charge in [-0.15, -0.1) is 11.3 Å². The van der Waals surface area contributed by atoms with E-state index < -0.39 is 12.6 Å². The number of hydrogen-bond donors (Lipinski definition) is 1. The summed E-state index contributed by atoms with van der Waals surface area (Å²) in [4.78, 5) is 25.5. The summed E-state index contributed by atoms with van der Waals surface area (Å²) < 4.78 is 12.1. The summed E-state index contributed by atoms with van der Waals surface area (Å²) >= 11 is 7.87. The number of rotatable bonds is 4. The van der Waals surface area contributed by atoms with Crippen LogP contribution in [-0.4, -0.2) is 53.8 Å². The fourth-order valence-electron chi connectivity index (χ4n) is 2.26. The van der Waals surface area contributed by atoms with Crippen LogP contribution in [-0.2, 0) is 9.53 Å². The summed E-state index contributed by atoms with van der Waals surface area (Å²) in [5, 5.41) is 8.76. The lowest BCUT2D eigenvalue weighted by Crippen LogP contribution is -2.48. The molecule has 0 aliphatic carbocycles. The molecule has 1 fully saturated rings. The summed E-state index contributed by atoms with van der Waals surface area (Å²) in [5.74, 6) is -1.02. The van der Waals surface area contributed by atoms with Gasteiger partial charge in [0, 0.05) is 13.1 Å². The number of carbonyl (C=O) groups excluding carboxylic acids is 1. The number of aliphatic carboxylic acids is 1. The molecule has 1 aromatic heterocycles. The molecule has 0 bridgehead atoms. The molecule has 1 aliphatic heterocycles. The van der Waals surface area contributed by atoms with Crippen LogP contribution in [0, 0.1) is 0 Å². The van der Waals surface area contributed by atoms with E-state index in [0.717, 1.165) is 0 Å². The Morgan fingerprint density at radius 1 is 1.36 bits per heavy atom. The maximum Gasteiger partial charge on any atom is 0.341 e. The van der Waals surface area contributed by atoms with Crippen molar-refractivity contribution < 1.29 is 24.2 Å². The average molecular weight is 457 g/mol. The van der Waals surface area contributed by atoms with E-state index in [2.05, 4.69) is 31.9 Å². The highest BCUT2D eigenvalue weighted by atomic mass is 79.9. The standard InChI is InChI=1S/C13H15Br2NO5S/c1-6-3-16(4-7(2)21-6)13(19)11-10(20-5-8(17)18)9(14)12(15)22-11/h6-7H,3-5H2,1-2H3,(H,17,18)/t6-,7+. The molecule has 2 atom stereocenters. The molecular weight excluding hydrogens is 442 g/mol. The van der Waals surface area contributed by atoms with Crippen molar-refractivity contribution in [2.24, 2.45) is 0 Å². The quantitative estimate of drug-likeness (QED) is 0.753. The monoisotopic (exact) mass is 455 g/mol. The van der Waals surface area contributed by atoms with Crippen molar-refractivity contribution in [3.05, 3.63) is 13.1 Å². The van der Waals surface area contributed by atoms with Gasteiger partial charge in [-0.05, 0) is 45.7 Å². The number of morpholine rings is 1. The number of carbonyl (C=O) groups is 2. The van der Waals surface area contributed by atoms with Gasteiger partial charge in [0.1, 0.15) is 4.88 Å². The van der Waals surface area contributed by atoms with Gasteiger partial charge in [0.2, 0.25) is 0 Å². The van der Waals surface area contributed by atoms with Crippen LogP contribution in [0.25, 0.3) is 0 Å². The molecule has 2 rings (SSSR count). The van der Waals surface area contributed by atoms with E-state index in [1.165, 1.54) is 11.3 Å². The number of thiophene rings is 1. The van der Waals surface area contributed by atoms with E-state index in [1.807, 2.05) is 13.8 Å². The Hall–Kier alpha value is -0.640. The van der Waals surface area contributed by atoms with Crippen LogP contribution in [0.5, 0.6) is 5.75 Å². The number of carboxylic acids is 1. The largest absolute Gasteiger partial charge is 0.479 e. The van der Waals surface area contributed by atoms with E-state index >= 15 is 0 Å². The van der Waals surface area contributed by atoms with E-state index in [0.29, 0.717) is 26.2 Å². The van der Waals surface area contributed by atoms with Crippen LogP contribution in [0.1, 0.15) is 23.5 Å². The molecule has 0 unspecified atom stereocenters. The van der Waals surface area contributed by atoms with Crippen molar-refractivity contribution in [1.82, 2.24) is 4.90 Å². The summed E-state index contributed by atoms with van der Waals surface area (Å²) in [6.45, 7) is 4.32. The second-order valence-corrected chi connectivity index (χ2v) is 8.13. The number of ether oxygens (including phenoxy) is 2. The smallest absolute Gasteiger partial charge is 0.341 e. The number of carboxylic acid groups (broad SMARTS) is 1. The Bertz CT molecular complexity index is 581. The van der Waals surface area contributed by atoms with Gasteiger partial charge in [0.05, 0.1) is 20.5 Å². The molecule has 1 N–H and O–H groups in total. The summed E-state index contributed by atoms with van der Waals surface area (Å²) in [6.07, 6.45) is -0.0779. The highest BCUT2D eigenvalue weighted by Crippen LogP contribution is 2.43. The molecule has 1 amide bonds. The van der Waals surface area contributed by atoms with Crippen LogP contribution in [0.3, 0.4) is 0 Å². The molecule has 2 heterocycles. The lowest BCUT2D eigenvalue weighted by atomic mass is 10.2. The first-order chi connectivity index (χ1) is 10.3. The highest BCUT2D eigenvalue weighted by Gasteiger charge is 2.31. The van der Waals surface area contributed by atoms with Gasteiger partial charge in [0.25, 0.3) is 5.91 Å². The minimum Gasteiger partial charge on any atom is -0.479 e. The van der Waals surface area contributed by atoms with Gasteiger partial charge in [0.15, 0.2) is 12.4 Å². The SMILES string of the molecule is C[C@@H]1CN(C(=O)c2sc(Br)c(Br)c2OCC(=O)O)C[C@H](C)O1. The fourth-order valence-corrected chi connectivity index (χ4v) is 4.44. The number of amides is 1. The number of halogens is 2. The van der Waals surface area contributed by atoms with Crippen molar-refractivity contribution in [3.63, 3.8) is 0 Å². The molecule has 1 aliphatic rings. The van der Waals surface area contributed by atoms with Crippen molar-refractivity contribution in [3.8, 4) is 5.75 Å². The Kier molecular flexibility index (Phi) is 5.87. The van der Waals surface area contributed by atoms with Crippen LogP contribution in [0.15, 0.2) is 8.26 Å². The predicted octanol–water partition coefficient (Wildman–Crippen LogP) is 2.99. The first kappa shape index (κ1) is 17.7. The summed E-state index contributed by atoms with van der Waals surface area (Å²) in [7, 11) is 0. The lowest BCUT2D eigenvalue weighted by molar-refractivity contribution is -0.139. The Balaban J connectivity index is 2.25. The Morgan fingerprint density at radius 2 is 1.95 bits per heavy atom. The Morgan fingerprint density at radius 3 is 2.50 bits per heavy atom. The minimum absolute atomic E-state index is 0.0390. The van der Waals surface area contributed by atoms with Crippen LogP contribution < -0.4 is 4.74 Å². The second-order valence-electron chi connectivity index (χ2n) is 5.00. The molecule has 1 aromatic rings. The van der Waals surface area contributed by atoms with E-state index in [-0.39, 0.29) is 23.9 Å². The molecule has 122 valence electrons. The zero-order chi connectivity index (χ0) is 16.4. The summed E-state index contributed by atoms with van der Waals surface area (Å²) in [6, 6.07) is 0. The molecule has 0 radical (unpaired) electrons. The molecule has 9 heteroatoms.